The topological polar surface area (TPSA) is 51.6 Å². The predicted octanol–water partition coefficient (Wildman–Crippen LogP) is 2.11. The molecule has 1 saturated heterocycles. The zero-order valence-corrected chi connectivity index (χ0v) is 11.3. The number of rotatable bonds is 3. The molecule has 2 aromatic rings. The number of hydrogen-bond acceptors (Lipinski definition) is 4. The van der Waals surface area contributed by atoms with Crippen LogP contribution in [0.5, 0.6) is 0 Å². The molecule has 3 rings (SSSR count). The molecule has 1 fully saturated rings. The highest BCUT2D eigenvalue weighted by Gasteiger charge is 2.22. The second-order valence-electron chi connectivity index (χ2n) is 5.10. The van der Waals surface area contributed by atoms with Crippen molar-refractivity contribution in [2.75, 3.05) is 19.8 Å². The number of morpholine rings is 1. The van der Waals surface area contributed by atoms with Gasteiger partial charge in [0.05, 0.1) is 19.8 Å². The third-order valence-electron chi connectivity index (χ3n) is 3.83. The normalized spacial score (nSPS) is 21.1. The lowest BCUT2D eigenvalue weighted by Crippen LogP contribution is -2.43. The lowest BCUT2D eigenvalue weighted by Gasteiger charge is -2.33. The molecule has 0 bridgehead atoms. The Kier molecular flexibility index (Phi) is 3.55. The number of benzene rings is 1. The number of para-hydroxylation sites is 1. The van der Waals surface area contributed by atoms with E-state index in [9.17, 15) is 0 Å². The summed E-state index contributed by atoms with van der Waals surface area (Å²) in [6.07, 6.45) is 0. The first-order valence-corrected chi connectivity index (χ1v) is 6.80. The average Bonchev–Trinajstić information content (AvgIpc) is 2.79. The second-order valence-corrected chi connectivity index (χ2v) is 5.10. The van der Waals surface area contributed by atoms with Gasteiger partial charge in [0.15, 0.2) is 0 Å². The summed E-state index contributed by atoms with van der Waals surface area (Å²) in [5, 5.41) is 1.18. The molecule has 1 aromatic heterocycles. The van der Waals surface area contributed by atoms with Gasteiger partial charge in [-0.3, -0.25) is 4.90 Å². The van der Waals surface area contributed by atoms with E-state index in [-0.39, 0.29) is 0 Å². The van der Waals surface area contributed by atoms with Crippen LogP contribution < -0.4 is 5.73 Å². The van der Waals surface area contributed by atoms with E-state index in [1.807, 2.05) is 18.2 Å². The van der Waals surface area contributed by atoms with Gasteiger partial charge in [-0.2, -0.15) is 0 Å². The van der Waals surface area contributed by atoms with Crippen LogP contribution in [0.2, 0.25) is 0 Å². The summed E-state index contributed by atoms with van der Waals surface area (Å²) in [5.74, 6) is 0.903. The number of ether oxygens (including phenoxy) is 1. The van der Waals surface area contributed by atoms with Crippen LogP contribution in [0.15, 0.2) is 28.7 Å². The first-order chi connectivity index (χ1) is 9.29. The Morgan fingerprint density at radius 2 is 2.21 bits per heavy atom. The van der Waals surface area contributed by atoms with Crippen molar-refractivity contribution < 1.29 is 9.15 Å². The van der Waals surface area contributed by atoms with Crippen LogP contribution in [-0.4, -0.2) is 30.7 Å². The average molecular weight is 260 g/mol. The Labute approximate surface area is 113 Å². The highest BCUT2D eigenvalue weighted by Crippen LogP contribution is 2.27. The highest BCUT2D eigenvalue weighted by atomic mass is 16.5. The highest BCUT2D eigenvalue weighted by molar-refractivity contribution is 5.82. The number of nitrogens with zero attached hydrogens (tertiary/aromatic N) is 1. The van der Waals surface area contributed by atoms with Gasteiger partial charge in [0.2, 0.25) is 0 Å². The summed E-state index contributed by atoms with van der Waals surface area (Å²) >= 11 is 0. The smallest absolute Gasteiger partial charge is 0.134 e. The van der Waals surface area contributed by atoms with Crippen molar-refractivity contribution in [3.63, 3.8) is 0 Å². The molecule has 102 valence electrons. The molecule has 4 heteroatoms. The van der Waals surface area contributed by atoms with Crippen molar-refractivity contribution in [2.24, 2.45) is 5.73 Å². The zero-order chi connectivity index (χ0) is 13.2. The largest absolute Gasteiger partial charge is 0.459 e. The van der Waals surface area contributed by atoms with Crippen LogP contribution in [-0.2, 0) is 17.8 Å². The van der Waals surface area contributed by atoms with E-state index in [1.54, 1.807) is 0 Å². The summed E-state index contributed by atoms with van der Waals surface area (Å²) in [5.41, 5.74) is 7.98. The molecular formula is C15H20N2O2. The van der Waals surface area contributed by atoms with Crippen LogP contribution in [0, 0.1) is 0 Å². The van der Waals surface area contributed by atoms with Crippen molar-refractivity contribution in [3.05, 3.63) is 35.6 Å². The molecule has 2 N–H and O–H groups in total. The third kappa shape index (κ3) is 2.39. The monoisotopic (exact) mass is 260 g/mol. The SMILES string of the molecule is CC1COCCN1Cc1c(CN)oc2ccccc12. The standard InChI is InChI=1S/C15H20N2O2/c1-11-10-18-7-6-17(11)9-13-12-4-2-3-5-14(12)19-15(13)8-16/h2-5,11H,6-10,16H2,1H3. The van der Waals surface area contributed by atoms with Gasteiger partial charge in [0.1, 0.15) is 11.3 Å². The van der Waals surface area contributed by atoms with Gasteiger partial charge in [-0.05, 0) is 13.0 Å². The summed E-state index contributed by atoms with van der Waals surface area (Å²) in [6.45, 7) is 6.09. The van der Waals surface area contributed by atoms with Gasteiger partial charge in [0, 0.05) is 30.1 Å². The van der Waals surface area contributed by atoms with Crippen LogP contribution in [0.25, 0.3) is 11.0 Å². The van der Waals surface area contributed by atoms with E-state index in [0.717, 1.165) is 37.6 Å². The molecule has 2 heterocycles. The number of hydrogen-bond donors (Lipinski definition) is 1. The lowest BCUT2D eigenvalue weighted by molar-refractivity contribution is -0.00442. The molecule has 1 unspecified atom stereocenters. The quantitative estimate of drug-likeness (QED) is 0.918. The molecule has 0 aliphatic carbocycles. The maximum atomic E-state index is 5.84. The fourth-order valence-corrected chi connectivity index (χ4v) is 2.69. The predicted molar refractivity (Wildman–Crippen MR) is 74.8 cm³/mol. The molecule has 19 heavy (non-hydrogen) atoms. The van der Waals surface area contributed by atoms with Crippen LogP contribution >= 0.6 is 0 Å². The fourth-order valence-electron chi connectivity index (χ4n) is 2.69. The van der Waals surface area contributed by atoms with E-state index in [0.29, 0.717) is 12.6 Å². The van der Waals surface area contributed by atoms with Gasteiger partial charge in [-0.1, -0.05) is 18.2 Å². The minimum Gasteiger partial charge on any atom is -0.459 e. The summed E-state index contributed by atoms with van der Waals surface area (Å²) in [6, 6.07) is 8.59. The zero-order valence-electron chi connectivity index (χ0n) is 11.3. The van der Waals surface area contributed by atoms with Gasteiger partial charge in [-0.25, -0.2) is 0 Å². The van der Waals surface area contributed by atoms with Crippen molar-refractivity contribution >= 4 is 11.0 Å². The van der Waals surface area contributed by atoms with Crippen LogP contribution in [0.4, 0.5) is 0 Å². The summed E-state index contributed by atoms with van der Waals surface area (Å²) < 4.78 is 11.3. The van der Waals surface area contributed by atoms with Gasteiger partial charge in [-0.15, -0.1) is 0 Å². The first-order valence-electron chi connectivity index (χ1n) is 6.80. The molecule has 0 amide bonds. The van der Waals surface area contributed by atoms with Gasteiger partial charge >= 0.3 is 0 Å². The van der Waals surface area contributed by atoms with E-state index in [1.165, 1.54) is 10.9 Å². The second kappa shape index (κ2) is 5.33. The van der Waals surface area contributed by atoms with E-state index < -0.39 is 0 Å². The molecule has 1 aliphatic heterocycles. The molecule has 0 radical (unpaired) electrons. The van der Waals surface area contributed by atoms with Crippen molar-refractivity contribution in [1.29, 1.82) is 0 Å². The first kappa shape index (κ1) is 12.7. The maximum Gasteiger partial charge on any atom is 0.134 e. The minimum atomic E-state index is 0.438. The van der Waals surface area contributed by atoms with Gasteiger partial charge < -0.3 is 14.9 Å². The number of nitrogens with two attached hydrogens (primary N) is 1. The molecule has 1 aromatic carbocycles. The van der Waals surface area contributed by atoms with E-state index in [4.69, 9.17) is 14.9 Å². The summed E-state index contributed by atoms with van der Waals surface area (Å²) in [4.78, 5) is 2.43. The molecule has 0 saturated carbocycles. The lowest BCUT2D eigenvalue weighted by atomic mass is 10.1. The van der Waals surface area contributed by atoms with Crippen molar-refractivity contribution in [1.82, 2.24) is 4.90 Å². The summed E-state index contributed by atoms with van der Waals surface area (Å²) in [7, 11) is 0. The molecule has 1 atom stereocenters. The Balaban J connectivity index is 1.94. The Morgan fingerprint density at radius 3 is 3.00 bits per heavy atom. The van der Waals surface area contributed by atoms with Crippen molar-refractivity contribution in [3.8, 4) is 0 Å². The van der Waals surface area contributed by atoms with Crippen molar-refractivity contribution in [2.45, 2.75) is 26.1 Å². The third-order valence-corrected chi connectivity index (χ3v) is 3.83. The maximum absolute atomic E-state index is 5.84. The van der Waals surface area contributed by atoms with E-state index in [2.05, 4.69) is 17.9 Å². The molecule has 1 aliphatic rings. The Hall–Kier alpha value is -1.36. The number of furan rings is 1. The number of fused-ring (bicyclic) bond motifs is 1. The molecular weight excluding hydrogens is 240 g/mol. The molecule has 4 nitrogen and oxygen atoms in total. The minimum absolute atomic E-state index is 0.438. The molecule has 0 spiro atoms. The van der Waals surface area contributed by atoms with Crippen LogP contribution in [0.1, 0.15) is 18.2 Å². The Bertz CT molecular complexity index is 564. The van der Waals surface area contributed by atoms with Crippen LogP contribution in [0.3, 0.4) is 0 Å². The van der Waals surface area contributed by atoms with Gasteiger partial charge in [0.25, 0.3) is 0 Å². The van der Waals surface area contributed by atoms with E-state index >= 15 is 0 Å². The Morgan fingerprint density at radius 1 is 1.37 bits per heavy atom. The fraction of sp³-hybridized carbons (Fsp3) is 0.467.